The fraction of sp³-hybridized carbons (Fsp3) is 0.462. The third-order valence-electron chi connectivity index (χ3n) is 6.66. The summed E-state index contributed by atoms with van der Waals surface area (Å²) >= 11 is 7.68. The summed E-state index contributed by atoms with van der Waals surface area (Å²) in [7, 11) is 1.50. The average molecular weight is 600 g/mol. The molecule has 1 fully saturated rings. The summed E-state index contributed by atoms with van der Waals surface area (Å²) in [6, 6.07) is 2.76. The first-order valence-corrected chi connectivity index (χ1v) is 13.8. The van der Waals surface area contributed by atoms with Crippen molar-refractivity contribution in [2.75, 3.05) is 46.4 Å². The van der Waals surface area contributed by atoms with Crippen molar-refractivity contribution in [3.05, 3.63) is 62.5 Å². The van der Waals surface area contributed by atoms with E-state index in [2.05, 4.69) is 15.3 Å². The van der Waals surface area contributed by atoms with E-state index in [1.165, 1.54) is 40.3 Å². The quantitative estimate of drug-likeness (QED) is 0.397. The van der Waals surface area contributed by atoms with E-state index < -0.39 is 42.2 Å². The van der Waals surface area contributed by atoms with Gasteiger partial charge in [-0.2, -0.15) is 0 Å². The van der Waals surface area contributed by atoms with Crippen molar-refractivity contribution < 1.29 is 32.6 Å². The average Bonchev–Trinajstić information content (AvgIpc) is 3.40. The number of aliphatic imine (C=N–C) groups is 1. The summed E-state index contributed by atoms with van der Waals surface area (Å²) in [4.78, 5) is 36.1. The van der Waals surface area contributed by atoms with Crippen LogP contribution in [-0.2, 0) is 14.3 Å². The highest BCUT2D eigenvalue weighted by atomic mass is 35.5. The minimum atomic E-state index is -3.10. The van der Waals surface area contributed by atoms with Crippen LogP contribution in [0.2, 0.25) is 5.02 Å². The van der Waals surface area contributed by atoms with Gasteiger partial charge in [-0.05, 0) is 39.1 Å². The molecule has 14 heteroatoms. The number of rotatable bonds is 10. The highest BCUT2D eigenvalue weighted by Gasteiger charge is 2.45. The molecule has 2 atom stereocenters. The van der Waals surface area contributed by atoms with E-state index in [9.17, 15) is 14.0 Å². The van der Waals surface area contributed by atoms with Gasteiger partial charge in [0, 0.05) is 46.9 Å². The van der Waals surface area contributed by atoms with Crippen LogP contribution >= 0.6 is 22.9 Å². The fourth-order valence-corrected chi connectivity index (χ4v) is 5.74. The van der Waals surface area contributed by atoms with Crippen molar-refractivity contribution in [1.29, 1.82) is 0 Å². The number of carbonyl (C=O) groups excluding carboxylic acids is 1. The standard InChI is InChI=1S/C26H29ClF3N5O4S/c1-3-39-25(38)21-19(12-35-8-6-15(26(29,30)14-35)11-34(2)13-20(36)37)32-23(24-31-7-9-40-24)33-22(21)17-5-4-16(28)10-18(17)27/h4-5,7,9-10,15,22H,3,6,8,11-14H2,1-2H3,(H,32,33)(H,36,37). The lowest BCUT2D eigenvalue weighted by atomic mass is 9.91. The van der Waals surface area contributed by atoms with Crippen LogP contribution in [0.25, 0.3) is 0 Å². The number of halogens is 4. The maximum atomic E-state index is 15.3. The number of aromatic nitrogens is 1. The van der Waals surface area contributed by atoms with E-state index in [1.807, 2.05) is 0 Å². The van der Waals surface area contributed by atoms with Gasteiger partial charge in [0.05, 0.1) is 25.3 Å². The molecule has 216 valence electrons. The van der Waals surface area contributed by atoms with Gasteiger partial charge in [-0.3, -0.25) is 19.6 Å². The van der Waals surface area contributed by atoms with Crippen molar-refractivity contribution in [3.8, 4) is 0 Å². The number of hydrogen-bond acceptors (Lipinski definition) is 9. The molecule has 2 aromatic rings. The molecule has 1 aromatic carbocycles. The largest absolute Gasteiger partial charge is 0.480 e. The number of thiazole rings is 1. The van der Waals surface area contributed by atoms with Gasteiger partial charge in [0.2, 0.25) is 0 Å². The number of esters is 1. The number of likely N-dealkylation sites (tertiary alicyclic amines) is 1. The lowest BCUT2D eigenvalue weighted by molar-refractivity contribution is -0.141. The molecule has 1 saturated heterocycles. The van der Waals surface area contributed by atoms with Crippen LogP contribution in [0.3, 0.4) is 0 Å². The summed E-state index contributed by atoms with van der Waals surface area (Å²) < 4.78 is 49.7. The molecule has 1 aromatic heterocycles. The topological polar surface area (TPSA) is 107 Å². The van der Waals surface area contributed by atoms with Gasteiger partial charge < -0.3 is 15.2 Å². The Balaban J connectivity index is 1.67. The molecule has 0 saturated carbocycles. The first-order chi connectivity index (χ1) is 19.0. The number of nitrogens with one attached hydrogen (secondary N) is 1. The summed E-state index contributed by atoms with van der Waals surface area (Å²) in [5, 5.41) is 14.4. The number of hydrogen-bond donors (Lipinski definition) is 2. The Bertz CT molecular complexity index is 1310. The number of nitrogens with zero attached hydrogens (tertiary/aromatic N) is 4. The van der Waals surface area contributed by atoms with Gasteiger partial charge in [0.25, 0.3) is 5.92 Å². The third-order valence-corrected chi connectivity index (χ3v) is 7.76. The zero-order chi connectivity index (χ0) is 29.0. The molecule has 0 bridgehead atoms. The Hall–Kier alpha value is -3.00. The Morgan fingerprint density at radius 3 is 2.77 bits per heavy atom. The SMILES string of the molecule is CCOC(=O)C1=C(CN2CCC(CN(C)CC(=O)O)C(F)(F)C2)NC(c2nccs2)=NC1c1ccc(F)cc1Cl. The van der Waals surface area contributed by atoms with Crippen LogP contribution in [0, 0.1) is 11.7 Å². The monoisotopic (exact) mass is 599 g/mol. The Labute approximate surface area is 238 Å². The van der Waals surface area contributed by atoms with Crippen molar-refractivity contribution >= 4 is 40.7 Å². The number of likely N-dealkylation sites (N-methyl/N-ethyl adjacent to an activating group) is 1. The van der Waals surface area contributed by atoms with E-state index in [0.717, 1.165) is 6.07 Å². The number of carboxylic acid groups (broad SMARTS) is 1. The first kappa shape index (κ1) is 30.0. The fourth-order valence-electron chi connectivity index (χ4n) is 4.88. The number of piperidine rings is 1. The maximum Gasteiger partial charge on any atom is 0.338 e. The highest BCUT2D eigenvalue weighted by molar-refractivity contribution is 7.11. The first-order valence-electron chi connectivity index (χ1n) is 12.6. The predicted octanol–water partition coefficient (Wildman–Crippen LogP) is 3.82. The number of amidine groups is 1. The number of alkyl halides is 2. The van der Waals surface area contributed by atoms with Gasteiger partial charge in [0.1, 0.15) is 11.9 Å². The molecule has 2 unspecified atom stereocenters. The maximum absolute atomic E-state index is 15.3. The van der Waals surface area contributed by atoms with Crippen molar-refractivity contribution in [2.24, 2.45) is 10.9 Å². The minimum Gasteiger partial charge on any atom is -0.480 e. The lowest BCUT2D eigenvalue weighted by Crippen LogP contribution is -2.53. The number of carboxylic acids is 1. The molecular formula is C26H29ClF3N5O4S. The smallest absolute Gasteiger partial charge is 0.338 e. The van der Waals surface area contributed by atoms with Gasteiger partial charge in [-0.15, -0.1) is 11.3 Å². The van der Waals surface area contributed by atoms with Gasteiger partial charge in [-0.1, -0.05) is 17.7 Å². The number of aliphatic carboxylic acids is 1. The molecule has 0 aliphatic carbocycles. The van der Waals surface area contributed by atoms with Crippen LogP contribution in [-0.4, -0.2) is 90.0 Å². The molecule has 0 radical (unpaired) electrons. The van der Waals surface area contributed by atoms with Crippen LogP contribution in [0.5, 0.6) is 0 Å². The molecule has 40 heavy (non-hydrogen) atoms. The highest BCUT2D eigenvalue weighted by Crippen LogP contribution is 2.38. The second kappa shape index (κ2) is 12.7. The van der Waals surface area contributed by atoms with Gasteiger partial charge in [0.15, 0.2) is 10.8 Å². The van der Waals surface area contributed by atoms with Crippen molar-refractivity contribution in [2.45, 2.75) is 25.3 Å². The molecule has 0 amide bonds. The van der Waals surface area contributed by atoms with Gasteiger partial charge >= 0.3 is 11.9 Å². The third kappa shape index (κ3) is 7.00. The summed E-state index contributed by atoms with van der Waals surface area (Å²) in [6.07, 6.45) is 1.71. The molecule has 4 rings (SSSR count). The zero-order valence-corrected chi connectivity index (χ0v) is 23.4. The summed E-state index contributed by atoms with van der Waals surface area (Å²) in [5.41, 5.74) is 0.744. The van der Waals surface area contributed by atoms with Crippen LogP contribution in [0.15, 0.2) is 46.0 Å². The lowest BCUT2D eigenvalue weighted by Gasteiger charge is -2.40. The predicted molar refractivity (Wildman–Crippen MR) is 144 cm³/mol. The summed E-state index contributed by atoms with van der Waals surface area (Å²) in [6.45, 7) is 0.957. The molecular weight excluding hydrogens is 571 g/mol. The van der Waals surface area contributed by atoms with E-state index >= 15 is 8.78 Å². The zero-order valence-electron chi connectivity index (χ0n) is 21.9. The minimum absolute atomic E-state index is 0.0492. The van der Waals surface area contributed by atoms with E-state index in [1.54, 1.807) is 18.5 Å². The molecule has 2 aliphatic heterocycles. The Morgan fingerprint density at radius 2 is 2.15 bits per heavy atom. The van der Waals surface area contributed by atoms with E-state index in [0.29, 0.717) is 22.1 Å². The Kier molecular flexibility index (Phi) is 9.49. The molecule has 2 N–H and O–H groups in total. The molecule has 0 spiro atoms. The van der Waals surface area contributed by atoms with Gasteiger partial charge in [-0.25, -0.2) is 22.9 Å². The second-order valence-electron chi connectivity index (χ2n) is 9.67. The van der Waals surface area contributed by atoms with Crippen LogP contribution < -0.4 is 5.32 Å². The molecule has 3 heterocycles. The molecule has 2 aliphatic rings. The van der Waals surface area contributed by atoms with E-state index in [-0.39, 0.29) is 49.8 Å². The molecule has 9 nitrogen and oxygen atoms in total. The van der Waals surface area contributed by atoms with Crippen molar-refractivity contribution in [3.63, 3.8) is 0 Å². The van der Waals surface area contributed by atoms with Crippen LogP contribution in [0.4, 0.5) is 13.2 Å². The number of benzene rings is 1. The number of ether oxygens (including phenoxy) is 1. The van der Waals surface area contributed by atoms with E-state index in [4.69, 9.17) is 21.4 Å². The van der Waals surface area contributed by atoms with Crippen LogP contribution in [0.1, 0.15) is 30.0 Å². The van der Waals surface area contributed by atoms with Crippen molar-refractivity contribution in [1.82, 2.24) is 20.1 Å². The second-order valence-corrected chi connectivity index (χ2v) is 11.0. The normalized spacial score (nSPS) is 21.2. The Morgan fingerprint density at radius 1 is 1.38 bits per heavy atom. The number of carbonyl (C=O) groups is 2. The summed E-state index contributed by atoms with van der Waals surface area (Å²) in [5.74, 6) is -6.15.